The van der Waals surface area contributed by atoms with E-state index >= 15 is 0 Å². The molecule has 0 aromatic rings. The molecule has 1 saturated carbocycles. The molecule has 18 heavy (non-hydrogen) atoms. The SMILES string of the molecule is CC(C)(C)SCC(=O)NC1CCNC2(CCC2)C1. The number of hydrogen-bond donors (Lipinski definition) is 2. The van der Waals surface area contributed by atoms with Gasteiger partial charge in [0.1, 0.15) is 0 Å². The van der Waals surface area contributed by atoms with Crippen LogP contribution < -0.4 is 10.6 Å². The van der Waals surface area contributed by atoms with Crippen LogP contribution in [0.15, 0.2) is 0 Å². The fraction of sp³-hybridized carbons (Fsp3) is 0.929. The van der Waals surface area contributed by atoms with Crippen LogP contribution in [0.2, 0.25) is 0 Å². The van der Waals surface area contributed by atoms with E-state index in [2.05, 4.69) is 31.4 Å². The fourth-order valence-electron chi connectivity index (χ4n) is 2.82. The Morgan fingerprint density at radius 2 is 2.17 bits per heavy atom. The van der Waals surface area contributed by atoms with Crippen LogP contribution in [-0.2, 0) is 4.79 Å². The number of rotatable bonds is 3. The molecule has 1 aliphatic carbocycles. The van der Waals surface area contributed by atoms with Gasteiger partial charge in [0.05, 0.1) is 5.75 Å². The molecule has 0 aromatic carbocycles. The summed E-state index contributed by atoms with van der Waals surface area (Å²) in [7, 11) is 0. The summed E-state index contributed by atoms with van der Waals surface area (Å²) in [5, 5.41) is 6.85. The molecule has 1 amide bonds. The molecule has 1 atom stereocenters. The Kier molecular flexibility index (Phi) is 4.27. The molecule has 1 heterocycles. The zero-order valence-electron chi connectivity index (χ0n) is 11.8. The summed E-state index contributed by atoms with van der Waals surface area (Å²) < 4.78 is 0.167. The van der Waals surface area contributed by atoms with E-state index in [4.69, 9.17) is 0 Å². The Hall–Kier alpha value is -0.220. The first kappa shape index (κ1) is 14.2. The van der Waals surface area contributed by atoms with Crippen molar-refractivity contribution < 1.29 is 4.79 Å². The van der Waals surface area contributed by atoms with E-state index in [0.29, 0.717) is 17.3 Å². The molecule has 104 valence electrons. The molecule has 2 aliphatic rings. The number of thioether (sulfide) groups is 1. The van der Waals surface area contributed by atoms with Crippen molar-refractivity contribution in [3.05, 3.63) is 0 Å². The van der Waals surface area contributed by atoms with Crippen molar-refractivity contribution in [1.29, 1.82) is 0 Å². The van der Waals surface area contributed by atoms with Gasteiger partial charge in [0.25, 0.3) is 0 Å². The second-order valence-electron chi connectivity index (χ2n) is 6.72. The first-order valence-corrected chi connectivity index (χ1v) is 8.06. The molecule has 1 spiro atoms. The van der Waals surface area contributed by atoms with Gasteiger partial charge in [-0.2, -0.15) is 0 Å². The van der Waals surface area contributed by atoms with Crippen LogP contribution in [0.25, 0.3) is 0 Å². The number of piperidine rings is 1. The maximum absolute atomic E-state index is 11.9. The van der Waals surface area contributed by atoms with Gasteiger partial charge < -0.3 is 10.6 Å². The number of carbonyl (C=O) groups is 1. The molecule has 2 fully saturated rings. The highest BCUT2D eigenvalue weighted by molar-refractivity contribution is 8.01. The normalized spacial score (nSPS) is 26.7. The summed E-state index contributed by atoms with van der Waals surface area (Å²) >= 11 is 1.72. The van der Waals surface area contributed by atoms with Gasteiger partial charge in [-0.15, -0.1) is 11.8 Å². The lowest BCUT2D eigenvalue weighted by Crippen LogP contribution is -2.59. The Morgan fingerprint density at radius 1 is 1.44 bits per heavy atom. The molecule has 2 rings (SSSR count). The largest absolute Gasteiger partial charge is 0.353 e. The van der Waals surface area contributed by atoms with Crippen LogP contribution >= 0.6 is 11.8 Å². The molecule has 1 aliphatic heterocycles. The van der Waals surface area contributed by atoms with Crippen molar-refractivity contribution >= 4 is 17.7 Å². The minimum atomic E-state index is 0.167. The Labute approximate surface area is 115 Å². The van der Waals surface area contributed by atoms with Gasteiger partial charge in [-0.05, 0) is 38.6 Å². The van der Waals surface area contributed by atoms with E-state index in [1.54, 1.807) is 11.8 Å². The average molecular weight is 270 g/mol. The van der Waals surface area contributed by atoms with E-state index in [1.807, 2.05) is 0 Å². The molecule has 0 aromatic heterocycles. The van der Waals surface area contributed by atoms with Gasteiger partial charge in [-0.3, -0.25) is 4.79 Å². The molecule has 0 bridgehead atoms. The molecule has 3 nitrogen and oxygen atoms in total. The second-order valence-corrected chi connectivity index (χ2v) is 8.52. The fourth-order valence-corrected chi connectivity index (χ4v) is 3.46. The first-order valence-electron chi connectivity index (χ1n) is 7.07. The standard InChI is InChI=1S/C14H26N2OS/c1-13(2,3)18-10-12(17)16-11-5-8-15-14(9-11)6-4-7-14/h11,15H,4-10H2,1-3H3,(H,16,17). The summed E-state index contributed by atoms with van der Waals surface area (Å²) in [6, 6.07) is 0.389. The van der Waals surface area contributed by atoms with E-state index in [0.717, 1.165) is 19.4 Å². The van der Waals surface area contributed by atoms with Gasteiger partial charge in [0.2, 0.25) is 5.91 Å². The number of nitrogens with one attached hydrogen (secondary N) is 2. The Balaban J connectivity index is 1.73. The Morgan fingerprint density at radius 3 is 2.72 bits per heavy atom. The van der Waals surface area contributed by atoms with Gasteiger partial charge >= 0.3 is 0 Å². The molecule has 1 saturated heterocycles. The third-order valence-electron chi connectivity index (χ3n) is 3.94. The van der Waals surface area contributed by atoms with Crippen LogP contribution in [0.3, 0.4) is 0 Å². The monoisotopic (exact) mass is 270 g/mol. The lowest BCUT2D eigenvalue weighted by molar-refractivity contribution is -0.119. The van der Waals surface area contributed by atoms with Gasteiger partial charge in [0.15, 0.2) is 0 Å². The highest BCUT2D eigenvalue weighted by atomic mass is 32.2. The molecular formula is C14H26N2OS. The summed E-state index contributed by atoms with van der Waals surface area (Å²) in [5.74, 6) is 0.789. The topological polar surface area (TPSA) is 41.1 Å². The van der Waals surface area contributed by atoms with Crippen LogP contribution in [-0.4, -0.2) is 34.5 Å². The van der Waals surface area contributed by atoms with Crippen LogP contribution in [0.1, 0.15) is 52.9 Å². The predicted octanol–water partition coefficient (Wildman–Crippen LogP) is 2.31. The predicted molar refractivity (Wildman–Crippen MR) is 78.0 cm³/mol. The van der Waals surface area contributed by atoms with Crippen molar-refractivity contribution in [3.8, 4) is 0 Å². The summed E-state index contributed by atoms with van der Waals surface area (Å²) in [6.45, 7) is 7.51. The van der Waals surface area contributed by atoms with Gasteiger partial charge in [-0.25, -0.2) is 0 Å². The van der Waals surface area contributed by atoms with Crippen molar-refractivity contribution in [1.82, 2.24) is 10.6 Å². The average Bonchev–Trinajstić information content (AvgIpc) is 2.24. The van der Waals surface area contributed by atoms with E-state index in [9.17, 15) is 4.79 Å². The third kappa shape index (κ3) is 3.89. The van der Waals surface area contributed by atoms with Gasteiger partial charge in [0, 0.05) is 16.3 Å². The smallest absolute Gasteiger partial charge is 0.230 e. The molecule has 4 heteroatoms. The lowest BCUT2D eigenvalue weighted by atomic mass is 9.70. The summed E-state index contributed by atoms with van der Waals surface area (Å²) in [6.07, 6.45) is 6.12. The second kappa shape index (κ2) is 5.41. The zero-order chi connectivity index (χ0) is 13.2. The van der Waals surface area contributed by atoms with Crippen LogP contribution in [0.5, 0.6) is 0 Å². The van der Waals surface area contributed by atoms with E-state index in [1.165, 1.54) is 19.3 Å². The molecule has 1 unspecified atom stereocenters. The highest BCUT2D eigenvalue weighted by Crippen LogP contribution is 2.38. The van der Waals surface area contributed by atoms with E-state index in [-0.39, 0.29) is 10.7 Å². The summed E-state index contributed by atoms with van der Waals surface area (Å²) in [4.78, 5) is 11.9. The lowest BCUT2D eigenvalue weighted by Gasteiger charge is -2.48. The molecule has 2 N–H and O–H groups in total. The van der Waals surface area contributed by atoms with Crippen molar-refractivity contribution in [2.45, 2.75) is 69.2 Å². The van der Waals surface area contributed by atoms with E-state index < -0.39 is 0 Å². The zero-order valence-corrected chi connectivity index (χ0v) is 12.7. The first-order chi connectivity index (χ1) is 8.39. The minimum Gasteiger partial charge on any atom is -0.353 e. The number of hydrogen-bond acceptors (Lipinski definition) is 3. The van der Waals surface area contributed by atoms with Crippen LogP contribution in [0.4, 0.5) is 0 Å². The van der Waals surface area contributed by atoms with Gasteiger partial charge in [-0.1, -0.05) is 20.8 Å². The van der Waals surface area contributed by atoms with Crippen LogP contribution in [0, 0.1) is 0 Å². The quantitative estimate of drug-likeness (QED) is 0.827. The highest BCUT2D eigenvalue weighted by Gasteiger charge is 2.41. The maximum Gasteiger partial charge on any atom is 0.230 e. The minimum absolute atomic E-state index is 0.167. The maximum atomic E-state index is 11.9. The third-order valence-corrected chi connectivity index (χ3v) is 5.21. The molecule has 0 radical (unpaired) electrons. The number of amides is 1. The van der Waals surface area contributed by atoms with Crippen molar-refractivity contribution in [2.24, 2.45) is 0 Å². The molecular weight excluding hydrogens is 244 g/mol. The number of carbonyl (C=O) groups excluding carboxylic acids is 1. The summed E-state index contributed by atoms with van der Waals surface area (Å²) in [5.41, 5.74) is 0.368. The van der Waals surface area contributed by atoms with Crippen molar-refractivity contribution in [2.75, 3.05) is 12.3 Å². The Bertz CT molecular complexity index is 307. The van der Waals surface area contributed by atoms with Crippen molar-refractivity contribution in [3.63, 3.8) is 0 Å².